The molecule has 0 unspecified atom stereocenters. The maximum Gasteiger partial charge on any atom is 0.223 e. The van der Waals surface area contributed by atoms with Crippen molar-refractivity contribution in [3.05, 3.63) is 40.2 Å². The molecule has 3 fully saturated rings. The number of hydrogen-bond donors (Lipinski definition) is 2. The third-order valence-corrected chi connectivity index (χ3v) is 10.4. The number of amides is 1. The number of anilines is 2. The fourth-order valence-electron chi connectivity index (χ4n) is 6.80. The summed E-state index contributed by atoms with van der Waals surface area (Å²) in [6.45, 7) is 5.00. The number of fused-ring (bicyclic) bond motifs is 3. The minimum Gasteiger partial charge on any atom is -0.385 e. The third-order valence-electron chi connectivity index (χ3n) is 9.05. The fourth-order valence-corrected chi connectivity index (χ4v) is 8.18. The van der Waals surface area contributed by atoms with Gasteiger partial charge in [0.1, 0.15) is 0 Å². The Morgan fingerprint density at radius 3 is 2.62 bits per heavy atom. The summed E-state index contributed by atoms with van der Waals surface area (Å²) < 4.78 is 2.04. The molecule has 7 rings (SSSR count). The zero-order chi connectivity index (χ0) is 26.5. The number of carbonyl (C=O) groups excluding carboxylic acids is 1. The molecular weight excluding hydrogens is 528 g/mol. The second kappa shape index (κ2) is 10.5. The Balaban J connectivity index is 1.10. The molecule has 206 valence electrons. The third kappa shape index (κ3) is 5.11. The van der Waals surface area contributed by atoms with Gasteiger partial charge in [0.25, 0.3) is 0 Å². The van der Waals surface area contributed by atoms with E-state index in [1.807, 2.05) is 4.68 Å². The van der Waals surface area contributed by atoms with Gasteiger partial charge < -0.3 is 15.5 Å². The molecule has 39 heavy (non-hydrogen) atoms. The SMILES string of the molecule is CC(=O)Nc1nc2c(s1)-c1c(c(C3CC3)nn1-c1ccc(NCC3CCN(C4CCCC4)CC3)cc1Cl)CC2. The number of benzene rings is 1. The number of aryl methyl sites for hydroxylation is 1. The van der Waals surface area contributed by atoms with Crippen molar-refractivity contribution in [1.29, 1.82) is 0 Å². The van der Waals surface area contributed by atoms with E-state index in [2.05, 4.69) is 33.7 Å². The van der Waals surface area contributed by atoms with Crippen molar-refractivity contribution in [2.24, 2.45) is 5.92 Å². The lowest BCUT2D eigenvalue weighted by molar-refractivity contribution is -0.114. The van der Waals surface area contributed by atoms with Gasteiger partial charge in [-0.15, -0.1) is 0 Å². The Labute approximate surface area is 239 Å². The highest BCUT2D eigenvalue weighted by Gasteiger charge is 2.36. The number of halogens is 1. The summed E-state index contributed by atoms with van der Waals surface area (Å²) in [5.74, 6) is 1.16. The van der Waals surface area contributed by atoms with E-state index >= 15 is 0 Å². The van der Waals surface area contributed by atoms with Crippen LogP contribution in [-0.4, -0.2) is 51.2 Å². The van der Waals surface area contributed by atoms with E-state index in [9.17, 15) is 4.79 Å². The Kier molecular flexibility index (Phi) is 6.89. The Hall–Kier alpha value is -2.42. The van der Waals surface area contributed by atoms with Gasteiger partial charge in [-0.2, -0.15) is 5.10 Å². The molecule has 1 aromatic carbocycles. The molecule has 0 radical (unpaired) electrons. The van der Waals surface area contributed by atoms with Crippen molar-refractivity contribution >= 4 is 39.7 Å². The first kappa shape index (κ1) is 25.5. The molecule has 3 aliphatic carbocycles. The van der Waals surface area contributed by atoms with Gasteiger partial charge in [0.15, 0.2) is 5.13 Å². The molecule has 0 atom stereocenters. The lowest BCUT2D eigenvalue weighted by atomic mass is 9.95. The number of likely N-dealkylation sites (tertiary alicyclic amines) is 1. The number of nitrogens with zero attached hydrogens (tertiary/aromatic N) is 4. The van der Waals surface area contributed by atoms with E-state index in [1.165, 1.54) is 94.0 Å². The predicted molar refractivity (Wildman–Crippen MR) is 158 cm³/mol. The van der Waals surface area contributed by atoms with Crippen molar-refractivity contribution < 1.29 is 4.79 Å². The van der Waals surface area contributed by atoms with Crippen LogP contribution in [0.15, 0.2) is 18.2 Å². The fraction of sp³-hybridized carbons (Fsp3) is 0.567. The molecule has 3 heterocycles. The molecule has 4 aliphatic rings. The molecular formula is C30H37ClN6OS. The average molecular weight is 565 g/mol. The van der Waals surface area contributed by atoms with Gasteiger partial charge >= 0.3 is 0 Å². The lowest BCUT2D eigenvalue weighted by Crippen LogP contribution is -2.41. The number of aromatic nitrogens is 3. The summed E-state index contributed by atoms with van der Waals surface area (Å²) in [4.78, 5) is 20.2. The molecule has 2 saturated carbocycles. The number of piperidine rings is 1. The zero-order valence-corrected chi connectivity index (χ0v) is 24.2. The van der Waals surface area contributed by atoms with Crippen molar-refractivity contribution in [3.63, 3.8) is 0 Å². The molecule has 3 aromatic rings. The lowest BCUT2D eigenvalue weighted by Gasteiger charge is -2.36. The van der Waals surface area contributed by atoms with Crippen LogP contribution in [0.25, 0.3) is 16.3 Å². The molecule has 7 nitrogen and oxygen atoms in total. The molecule has 2 aromatic heterocycles. The zero-order valence-electron chi connectivity index (χ0n) is 22.6. The van der Waals surface area contributed by atoms with Crippen molar-refractivity contribution in [2.75, 3.05) is 30.3 Å². The van der Waals surface area contributed by atoms with Gasteiger partial charge in [-0.05, 0) is 88.6 Å². The second-order valence-corrected chi connectivity index (χ2v) is 13.2. The molecule has 9 heteroatoms. The van der Waals surface area contributed by atoms with E-state index in [0.717, 1.165) is 53.1 Å². The van der Waals surface area contributed by atoms with Crippen LogP contribution in [0.3, 0.4) is 0 Å². The van der Waals surface area contributed by atoms with E-state index in [4.69, 9.17) is 21.7 Å². The van der Waals surface area contributed by atoms with E-state index < -0.39 is 0 Å². The number of rotatable bonds is 7. The van der Waals surface area contributed by atoms with Crippen molar-refractivity contribution in [3.8, 4) is 16.3 Å². The summed E-state index contributed by atoms with van der Waals surface area (Å²) in [6, 6.07) is 7.13. The summed E-state index contributed by atoms with van der Waals surface area (Å²) in [7, 11) is 0. The Morgan fingerprint density at radius 1 is 1.10 bits per heavy atom. The predicted octanol–water partition coefficient (Wildman–Crippen LogP) is 6.65. The Morgan fingerprint density at radius 2 is 1.90 bits per heavy atom. The highest BCUT2D eigenvalue weighted by molar-refractivity contribution is 7.19. The summed E-state index contributed by atoms with van der Waals surface area (Å²) in [5, 5.41) is 13.0. The molecule has 0 spiro atoms. The monoisotopic (exact) mass is 564 g/mol. The van der Waals surface area contributed by atoms with Crippen LogP contribution in [0.5, 0.6) is 0 Å². The summed E-state index contributed by atoms with van der Waals surface area (Å²) in [6.07, 6.45) is 12.4. The first-order valence-electron chi connectivity index (χ1n) is 14.7. The average Bonchev–Trinajstić information content (AvgIpc) is 3.31. The first-order chi connectivity index (χ1) is 19.0. The van der Waals surface area contributed by atoms with E-state index in [-0.39, 0.29) is 5.91 Å². The largest absolute Gasteiger partial charge is 0.385 e. The molecule has 2 N–H and O–H groups in total. The molecule has 1 aliphatic heterocycles. The van der Waals surface area contributed by atoms with Crippen LogP contribution >= 0.6 is 22.9 Å². The molecule has 0 bridgehead atoms. The van der Waals surface area contributed by atoms with E-state index in [1.54, 1.807) is 0 Å². The number of carbonyl (C=O) groups is 1. The Bertz CT molecular complexity index is 1380. The van der Waals surface area contributed by atoms with Crippen LogP contribution in [0.4, 0.5) is 10.8 Å². The van der Waals surface area contributed by atoms with Gasteiger partial charge in [-0.3, -0.25) is 4.79 Å². The topological polar surface area (TPSA) is 75.1 Å². The van der Waals surface area contributed by atoms with Crippen LogP contribution in [0, 0.1) is 5.92 Å². The highest BCUT2D eigenvalue weighted by atomic mass is 35.5. The normalized spacial score (nSPS) is 20.2. The number of thiazole rings is 1. The van der Waals surface area contributed by atoms with E-state index in [0.29, 0.717) is 22.0 Å². The minimum atomic E-state index is -0.0982. The van der Waals surface area contributed by atoms with Gasteiger partial charge in [0.05, 0.1) is 32.7 Å². The van der Waals surface area contributed by atoms with Crippen LogP contribution in [-0.2, 0) is 17.6 Å². The number of nitrogens with one attached hydrogen (secondary N) is 2. The second-order valence-electron chi connectivity index (χ2n) is 11.8. The summed E-state index contributed by atoms with van der Waals surface area (Å²) >= 11 is 8.49. The van der Waals surface area contributed by atoms with Crippen molar-refractivity contribution in [2.45, 2.75) is 83.1 Å². The number of hydrogen-bond acceptors (Lipinski definition) is 6. The van der Waals surface area contributed by atoms with Gasteiger partial charge in [-0.25, -0.2) is 9.67 Å². The maximum absolute atomic E-state index is 11.7. The van der Waals surface area contributed by atoms with Gasteiger partial charge in [0.2, 0.25) is 5.91 Å². The maximum atomic E-state index is 11.7. The first-order valence-corrected chi connectivity index (χ1v) is 15.9. The quantitative estimate of drug-likeness (QED) is 0.336. The van der Waals surface area contributed by atoms with Gasteiger partial charge in [0, 0.05) is 36.7 Å². The molecule has 1 amide bonds. The molecule has 1 saturated heterocycles. The van der Waals surface area contributed by atoms with Crippen LogP contribution < -0.4 is 10.6 Å². The van der Waals surface area contributed by atoms with Crippen molar-refractivity contribution in [1.82, 2.24) is 19.7 Å². The standard InChI is InChI=1S/C30H37ClN6OS/c1-18(38)33-30-34-25-10-9-23-27(20-6-7-20)35-37(28(23)29(25)39-30)26-11-8-21(16-24(26)31)32-17-19-12-14-36(15-13-19)22-4-2-3-5-22/h8,11,16,19-20,22,32H,2-7,9-10,12-15,17H2,1H3,(H,33,34,38). The smallest absolute Gasteiger partial charge is 0.223 e. The van der Waals surface area contributed by atoms with Crippen LogP contribution in [0.2, 0.25) is 5.02 Å². The van der Waals surface area contributed by atoms with Gasteiger partial charge in [-0.1, -0.05) is 35.8 Å². The highest BCUT2D eigenvalue weighted by Crippen LogP contribution is 2.48. The minimum absolute atomic E-state index is 0.0982. The van der Waals surface area contributed by atoms with Crippen LogP contribution in [0.1, 0.15) is 81.2 Å². The summed E-state index contributed by atoms with van der Waals surface area (Å²) in [5.41, 5.74) is 6.64.